The maximum Gasteiger partial charge on any atom is 0.358 e. The van der Waals surface area contributed by atoms with Crippen LogP contribution in [0.3, 0.4) is 0 Å². The number of H-pyrrole nitrogens is 1. The van der Waals surface area contributed by atoms with E-state index in [4.69, 9.17) is 4.74 Å². The Balaban J connectivity index is 2.35. The Bertz CT molecular complexity index is 761. The Kier molecular flexibility index (Phi) is 4.13. The molecule has 0 aliphatic heterocycles. The van der Waals surface area contributed by atoms with Crippen molar-refractivity contribution in [1.29, 1.82) is 0 Å². The van der Waals surface area contributed by atoms with E-state index in [-0.39, 0.29) is 17.2 Å². The summed E-state index contributed by atoms with van der Waals surface area (Å²) in [6, 6.07) is 6.30. The molecule has 6 nitrogen and oxygen atoms in total. The minimum absolute atomic E-state index is 0.235. The number of carbonyl (C=O) groups is 1. The average Bonchev–Trinajstić information content (AvgIpc) is 2.80. The van der Waals surface area contributed by atoms with Crippen molar-refractivity contribution in [3.05, 3.63) is 35.7 Å². The van der Waals surface area contributed by atoms with Crippen LogP contribution in [0.1, 0.15) is 23.1 Å². The second-order valence-electron chi connectivity index (χ2n) is 4.58. The van der Waals surface area contributed by atoms with Gasteiger partial charge in [-0.1, -0.05) is 0 Å². The molecule has 1 N–H and O–H groups in total. The fourth-order valence-corrected chi connectivity index (χ4v) is 2.49. The number of esters is 1. The summed E-state index contributed by atoms with van der Waals surface area (Å²) < 4.78 is 27.8. The van der Waals surface area contributed by atoms with Crippen LogP contribution in [0.2, 0.25) is 0 Å². The third-order valence-electron chi connectivity index (χ3n) is 2.91. The van der Waals surface area contributed by atoms with E-state index in [1.165, 1.54) is 12.1 Å². The Hall–Kier alpha value is -2.15. The molecule has 2 rings (SSSR count). The number of carbonyl (C=O) groups excluding carboxylic acids is 1. The summed E-state index contributed by atoms with van der Waals surface area (Å²) >= 11 is 0. The molecule has 0 aliphatic rings. The number of nitrogens with zero attached hydrogens (tertiary/aromatic N) is 1. The highest BCUT2D eigenvalue weighted by Crippen LogP contribution is 2.20. The summed E-state index contributed by atoms with van der Waals surface area (Å²) in [7, 11) is -3.23. The third kappa shape index (κ3) is 3.30. The number of rotatable bonds is 4. The van der Waals surface area contributed by atoms with Gasteiger partial charge in [0.25, 0.3) is 0 Å². The predicted molar refractivity (Wildman–Crippen MR) is 77.8 cm³/mol. The third-order valence-corrected chi connectivity index (χ3v) is 4.04. The Morgan fingerprint density at radius 1 is 1.29 bits per heavy atom. The quantitative estimate of drug-likeness (QED) is 0.872. The molecule has 0 amide bonds. The lowest BCUT2D eigenvalue weighted by molar-refractivity contribution is 0.0519. The van der Waals surface area contributed by atoms with Crippen LogP contribution in [0.5, 0.6) is 0 Å². The average molecular weight is 308 g/mol. The van der Waals surface area contributed by atoms with Crippen LogP contribution in [0.15, 0.2) is 29.2 Å². The molecule has 1 aromatic heterocycles. The van der Waals surface area contributed by atoms with Crippen molar-refractivity contribution in [2.75, 3.05) is 12.9 Å². The van der Waals surface area contributed by atoms with E-state index in [0.29, 0.717) is 17.1 Å². The fraction of sp³-hybridized carbons (Fsp3) is 0.286. The number of aromatic nitrogens is 2. The summed E-state index contributed by atoms with van der Waals surface area (Å²) in [6.07, 6.45) is 1.15. The van der Waals surface area contributed by atoms with Gasteiger partial charge in [-0.15, -0.1) is 0 Å². The molecule has 0 fully saturated rings. The number of benzene rings is 1. The van der Waals surface area contributed by atoms with Gasteiger partial charge in [-0.2, -0.15) is 0 Å². The molecule has 1 aromatic carbocycles. The molecular weight excluding hydrogens is 292 g/mol. The van der Waals surface area contributed by atoms with Crippen molar-refractivity contribution in [2.45, 2.75) is 18.7 Å². The maximum atomic E-state index is 11.7. The Morgan fingerprint density at radius 2 is 1.90 bits per heavy atom. The van der Waals surface area contributed by atoms with Crippen molar-refractivity contribution < 1.29 is 17.9 Å². The molecule has 21 heavy (non-hydrogen) atoms. The van der Waals surface area contributed by atoms with Gasteiger partial charge >= 0.3 is 5.97 Å². The van der Waals surface area contributed by atoms with Crippen molar-refractivity contribution >= 4 is 15.8 Å². The lowest BCUT2D eigenvalue weighted by atomic mass is 10.2. The van der Waals surface area contributed by atoms with Gasteiger partial charge in [0.1, 0.15) is 5.82 Å². The van der Waals surface area contributed by atoms with Crippen molar-refractivity contribution in [3.8, 4) is 11.4 Å². The number of hydrogen-bond donors (Lipinski definition) is 1. The molecule has 1 heterocycles. The normalized spacial score (nSPS) is 11.4. The molecule has 0 saturated heterocycles. The highest BCUT2D eigenvalue weighted by atomic mass is 32.2. The van der Waals surface area contributed by atoms with E-state index in [2.05, 4.69) is 9.97 Å². The zero-order chi connectivity index (χ0) is 15.6. The lowest BCUT2D eigenvalue weighted by Gasteiger charge is -2.00. The number of hydrogen-bond acceptors (Lipinski definition) is 5. The Labute approximate surface area is 123 Å². The van der Waals surface area contributed by atoms with Crippen LogP contribution in [-0.4, -0.2) is 37.2 Å². The number of sulfone groups is 1. The molecule has 112 valence electrons. The topological polar surface area (TPSA) is 89.1 Å². The number of imidazole rings is 1. The van der Waals surface area contributed by atoms with Gasteiger partial charge in [0.15, 0.2) is 15.5 Å². The van der Waals surface area contributed by atoms with E-state index in [9.17, 15) is 13.2 Å². The van der Waals surface area contributed by atoms with E-state index >= 15 is 0 Å². The summed E-state index contributed by atoms with van der Waals surface area (Å²) in [5, 5.41) is 0. The van der Waals surface area contributed by atoms with Crippen LogP contribution in [0, 0.1) is 6.92 Å². The monoisotopic (exact) mass is 308 g/mol. The van der Waals surface area contributed by atoms with Gasteiger partial charge < -0.3 is 9.72 Å². The highest BCUT2D eigenvalue weighted by molar-refractivity contribution is 7.90. The molecular formula is C14H16N2O4S. The molecule has 0 aliphatic carbocycles. The molecule has 7 heteroatoms. The standard InChI is InChI=1S/C14H16N2O4S/c1-4-20-14(17)12-9(2)15-13(16-12)10-5-7-11(8-6-10)21(3,18)19/h5-8H,4H2,1-3H3,(H,15,16). The van der Waals surface area contributed by atoms with Gasteiger partial charge in [0.2, 0.25) is 0 Å². The Morgan fingerprint density at radius 3 is 2.43 bits per heavy atom. The largest absolute Gasteiger partial charge is 0.461 e. The molecule has 0 spiro atoms. The van der Waals surface area contributed by atoms with Crippen LogP contribution in [-0.2, 0) is 14.6 Å². The van der Waals surface area contributed by atoms with E-state index < -0.39 is 15.8 Å². The van der Waals surface area contributed by atoms with Crippen molar-refractivity contribution in [1.82, 2.24) is 9.97 Å². The fourth-order valence-electron chi connectivity index (χ4n) is 1.86. The second kappa shape index (κ2) is 5.69. The lowest BCUT2D eigenvalue weighted by Crippen LogP contribution is -2.06. The molecule has 2 aromatic rings. The van der Waals surface area contributed by atoms with E-state index in [0.717, 1.165) is 6.26 Å². The van der Waals surface area contributed by atoms with Gasteiger partial charge in [-0.3, -0.25) is 0 Å². The van der Waals surface area contributed by atoms with Gasteiger partial charge in [-0.05, 0) is 38.1 Å². The molecule has 0 bridgehead atoms. The van der Waals surface area contributed by atoms with Crippen LogP contribution >= 0.6 is 0 Å². The minimum atomic E-state index is -3.23. The first-order chi connectivity index (χ1) is 9.82. The van der Waals surface area contributed by atoms with Gasteiger partial charge in [0.05, 0.1) is 11.5 Å². The van der Waals surface area contributed by atoms with Gasteiger partial charge in [0, 0.05) is 17.5 Å². The number of nitrogens with one attached hydrogen (secondary N) is 1. The van der Waals surface area contributed by atoms with Crippen LogP contribution in [0.25, 0.3) is 11.4 Å². The molecule has 0 radical (unpaired) electrons. The summed E-state index contributed by atoms with van der Waals surface area (Å²) in [5.41, 5.74) is 1.54. The van der Waals surface area contributed by atoms with E-state index in [1.54, 1.807) is 26.0 Å². The van der Waals surface area contributed by atoms with Crippen LogP contribution < -0.4 is 0 Å². The number of aryl methyl sites for hydroxylation is 1. The summed E-state index contributed by atoms with van der Waals surface area (Å²) in [5.74, 6) is 0.0147. The molecule has 0 atom stereocenters. The van der Waals surface area contributed by atoms with Crippen molar-refractivity contribution in [2.24, 2.45) is 0 Å². The zero-order valence-electron chi connectivity index (χ0n) is 12.0. The molecule has 0 saturated carbocycles. The second-order valence-corrected chi connectivity index (χ2v) is 6.59. The summed E-state index contributed by atoms with van der Waals surface area (Å²) in [6.45, 7) is 3.74. The number of aromatic amines is 1. The first-order valence-corrected chi connectivity index (χ1v) is 8.26. The van der Waals surface area contributed by atoms with Crippen molar-refractivity contribution in [3.63, 3.8) is 0 Å². The van der Waals surface area contributed by atoms with E-state index in [1.807, 2.05) is 0 Å². The first-order valence-electron chi connectivity index (χ1n) is 6.37. The van der Waals surface area contributed by atoms with Gasteiger partial charge in [-0.25, -0.2) is 18.2 Å². The molecule has 0 unspecified atom stereocenters. The SMILES string of the molecule is CCOC(=O)c1nc(-c2ccc(S(C)(=O)=O)cc2)[nH]c1C. The van der Waals surface area contributed by atoms with Crippen LogP contribution in [0.4, 0.5) is 0 Å². The smallest absolute Gasteiger partial charge is 0.358 e. The summed E-state index contributed by atoms with van der Waals surface area (Å²) in [4.78, 5) is 19.2. The zero-order valence-corrected chi connectivity index (χ0v) is 12.8. The predicted octanol–water partition coefficient (Wildman–Crippen LogP) is 1.97. The number of ether oxygens (including phenoxy) is 1. The minimum Gasteiger partial charge on any atom is -0.461 e. The highest BCUT2D eigenvalue weighted by Gasteiger charge is 2.17. The maximum absolute atomic E-state index is 11.7. The first kappa shape index (κ1) is 15.2.